The van der Waals surface area contributed by atoms with E-state index in [0.717, 1.165) is 16.4 Å². The zero-order valence-corrected chi connectivity index (χ0v) is 11.3. The van der Waals surface area contributed by atoms with Crippen molar-refractivity contribution in [3.05, 3.63) is 31.9 Å². The Bertz CT molecular complexity index is 418. The number of nitrogens with zero attached hydrogens (tertiary/aromatic N) is 1. The molecule has 1 aliphatic heterocycles. The van der Waals surface area contributed by atoms with E-state index in [1.807, 2.05) is 28.7 Å². The van der Waals surface area contributed by atoms with E-state index in [2.05, 4.69) is 0 Å². The molecule has 0 N–H and O–H groups in total. The maximum atomic E-state index is 10.9. The third-order valence-electron chi connectivity index (χ3n) is 2.58. The van der Waals surface area contributed by atoms with Gasteiger partial charge in [-0.2, -0.15) is 0 Å². The van der Waals surface area contributed by atoms with Crippen LogP contribution in [0.3, 0.4) is 0 Å². The molecule has 0 aliphatic carbocycles. The van der Waals surface area contributed by atoms with E-state index in [1.165, 1.54) is 6.07 Å². The molecule has 0 radical (unpaired) electrons. The molecule has 0 unspecified atom stereocenters. The summed E-state index contributed by atoms with van der Waals surface area (Å²) in [6, 6.07) is 4.99. The molecule has 5 nitrogen and oxygen atoms in total. The standard InChI is InChI=1S/C11H12INO4/c12-8-1-2-11(10(7-8)13(14)15)17-9-3-5-16-6-4-9/h1-2,7,9H,3-6H2. The lowest BCUT2D eigenvalue weighted by Gasteiger charge is -2.23. The monoisotopic (exact) mass is 349 g/mol. The highest BCUT2D eigenvalue weighted by atomic mass is 127. The normalized spacial score (nSPS) is 16.8. The van der Waals surface area contributed by atoms with E-state index in [9.17, 15) is 10.1 Å². The fourth-order valence-corrected chi connectivity index (χ4v) is 2.18. The van der Waals surface area contributed by atoms with Gasteiger partial charge < -0.3 is 9.47 Å². The zero-order chi connectivity index (χ0) is 12.3. The number of halogens is 1. The Morgan fingerprint density at radius 3 is 2.76 bits per heavy atom. The molecule has 0 aromatic heterocycles. The van der Waals surface area contributed by atoms with Gasteiger partial charge in [0.1, 0.15) is 6.10 Å². The van der Waals surface area contributed by atoms with Crippen LogP contribution >= 0.6 is 22.6 Å². The molecular weight excluding hydrogens is 337 g/mol. The Hall–Kier alpha value is -0.890. The van der Waals surface area contributed by atoms with Crippen LogP contribution in [-0.2, 0) is 4.74 Å². The van der Waals surface area contributed by atoms with Crippen LogP contribution in [0.4, 0.5) is 5.69 Å². The number of ether oxygens (including phenoxy) is 2. The maximum Gasteiger partial charge on any atom is 0.311 e. The average molecular weight is 349 g/mol. The summed E-state index contributed by atoms with van der Waals surface area (Å²) in [4.78, 5) is 10.5. The Balaban J connectivity index is 2.16. The summed E-state index contributed by atoms with van der Waals surface area (Å²) in [5.41, 5.74) is 0.0309. The third-order valence-corrected chi connectivity index (χ3v) is 3.25. The molecule has 1 fully saturated rings. The van der Waals surface area contributed by atoms with Gasteiger partial charge in [0.15, 0.2) is 5.75 Å². The van der Waals surface area contributed by atoms with Gasteiger partial charge in [-0.3, -0.25) is 10.1 Å². The van der Waals surface area contributed by atoms with Crippen LogP contribution in [0.2, 0.25) is 0 Å². The molecule has 17 heavy (non-hydrogen) atoms. The summed E-state index contributed by atoms with van der Waals surface area (Å²) in [5.74, 6) is 0.349. The van der Waals surface area contributed by atoms with E-state index in [4.69, 9.17) is 9.47 Å². The number of nitro benzene ring substituents is 1. The lowest BCUT2D eigenvalue weighted by molar-refractivity contribution is -0.386. The largest absolute Gasteiger partial charge is 0.483 e. The van der Waals surface area contributed by atoms with Gasteiger partial charge in [0, 0.05) is 22.5 Å². The van der Waals surface area contributed by atoms with Crippen LogP contribution < -0.4 is 4.74 Å². The van der Waals surface area contributed by atoms with E-state index in [1.54, 1.807) is 6.07 Å². The van der Waals surface area contributed by atoms with E-state index in [-0.39, 0.29) is 11.8 Å². The first-order chi connectivity index (χ1) is 8.16. The predicted molar refractivity (Wildman–Crippen MR) is 70.3 cm³/mol. The molecule has 6 heteroatoms. The zero-order valence-electron chi connectivity index (χ0n) is 9.10. The predicted octanol–water partition coefficient (Wildman–Crippen LogP) is 2.76. The molecule has 0 bridgehead atoms. The van der Waals surface area contributed by atoms with Crippen LogP contribution in [0.5, 0.6) is 5.75 Å². The second kappa shape index (κ2) is 5.63. The lowest BCUT2D eigenvalue weighted by atomic mass is 10.1. The van der Waals surface area contributed by atoms with Crippen LogP contribution in [0, 0.1) is 13.7 Å². The van der Waals surface area contributed by atoms with Crippen molar-refractivity contribution in [2.24, 2.45) is 0 Å². The van der Waals surface area contributed by atoms with Gasteiger partial charge in [-0.15, -0.1) is 0 Å². The van der Waals surface area contributed by atoms with Gasteiger partial charge in [-0.1, -0.05) is 0 Å². The van der Waals surface area contributed by atoms with E-state index in [0.29, 0.717) is 19.0 Å². The molecule has 1 aromatic carbocycles. The molecular formula is C11H12INO4. The second-order valence-corrected chi connectivity index (χ2v) is 5.04. The fraction of sp³-hybridized carbons (Fsp3) is 0.455. The van der Waals surface area contributed by atoms with Crippen molar-refractivity contribution in [1.29, 1.82) is 0 Å². The summed E-state index contributed by atoms with van der Waals surface area (Å²) in [7, 11) is 0. The minimum absolute atomic E-state index is 0.0162. The summed E-state index contributed by atoms with van der Waals surface area (Å²) in [6.07, 6.45) is 1.58. The van der Waals surface area contributed by atoms with Crippen LogP contribution in [0.25, 0.3) is 0 Å². The molecule has 92 valence electrons. The minimum atomic E-state index is -0.406. The SMILES string of the molecule is O=[N+]([O-])c1cc(I)ccc1OC1CCOCC1. The van der Waals surface area contributed by atoms with E-state index >= 15 is 0 Å². The van der Waals surface area contributed by atoms with Crippen molar-refractivity contribution in [1.82, 2.24) is 0 Å². The van der Waals surface area contributed by atoms with Gasteiger partial charge in [0.05, 0.1) is 18.1 Å². The molecule has 0 saturated carbocycles. The molecule has 1 aliphatic rings. The van der Waals surface area contributed by atoms with Gasteiger partial charge in [-0.05, 0) is 34.7 Å². The van der Waals surface area contributed by atoms with Gasteiger partial charge in [-0.25, -0.2) is 0 Å². The number of hydrogen-bond donors (Lipinski definition) is 0. The Kier molecular flexibility index (Phi) is 4.16. The number of hydrogen-bond acceptors (Lipinski definition) is 4. The van der Waals surface area contributed by atoms with Crippen LogP contribution in [0.15, 0.2) is 18.2 Å². The first-order valence-corrected chi connectivity index (χ1v) is 6.43. The first kappa shape index (κ1) is 12.6. The van der Waals surface area contributed by atoms with Crippen molar-refractivity contribution in [3.8, 4) is 5.75 Å². The summed E-state index contributed by atoms with van der Waals surface area (Å²) in [5, 5.41) is 10.9. The first-order valence-electron chi connectivity index (χ1n) is 5.35. The van der Waals surface area contributed by atoms with Crippen molar-refractivity contribution >= 4 is 28.3 Å². The van der Waals surface area contributed by atoms with Crippen LogP contribution in [0.1, 0.15) is 12.8 Å². The lowest BCUT2D eigenvalue weighted by Crippen LogP contribution is -2.26. The molecule has 0 spiro atoms. The average Bonchev–Trinajstić information content (AvgIpc) is 2.32. The smallest absolute Gasteiger partial charge is 0.311 e. The molecule has 1 heterocycles. The quantitative estimate of drug-likeness (QED) is 0.478. The van der Waals surface area contributed by atoms with Crippen LogP contribution in [-0.4, -0.2) is 24.2 Å². The maximum absolute atomic E-state index is 10.9. The van der Waals surface area contributed by atoms with Gasteiger partial charge >= 0.3 is 5.69 Å². The highest BCUT2D eigenvalue weighted by Crippen LogP contribution is 2.30. The van der Waals surface area contributed by atoms with Crippen molar-refractivity contribution in [3.63, 3.8) is 0 Å². The number of benzene rings is 1. The molecule has 1 aromatic rings. The highest BCUT2D eigenvalue weighted by molar-refractivity contribution is 14.1. The van der Waals surface area contributed by atoms with Gasteiger partial charge in [0.25, 0.3) is 0 Å². The molecule has 1 saturated heterocycles. The molecule has 0 amide bonds. The Morgan fingerprint density at radius 2 is 2.12 bits per heavy atom. The Morgan fingerprint density at radius 1 is 1.41 bits per heavy atom. The second-order valence-electron chi connectivity index (χ2n) is 3.80. The molecule has 0 atom stereocenters. The van der Waals surface area contributed by atoms with Crippen molar-refractivity contribution < 1.29 is 14.4 Å². The fourth-order valence-electron chi connectivity index (χ4n) is 1.71. The van der Waals surface area contributed by atoms with E-state index < -0.39 is 4.92 Å². The van der Waals surface area contributed by atoms with Crippen molar-refractivity contribution in [2.45, 2.75) is 18.9 Å². The minimum Gasteiger partial charge on any atom is -0.483 e. The van der Waals surface area contributed by atoms with Gasteiger partial charge in [0.2, 0.25) is 0 Å². The summed E-state index contributed by atoms with van der Waals surface area (Å²) < 4.78 is 11.7. The third kappa shape index (κ3) is 3.29. The van der Waals surface area contributed by atoms with Crippen molar-refractivity contribution in [2.75, 3.05) is 13.2 Å². The topological polar surface area (TPSA) is 61.6 Å². The summed E-state index contributed by atoms with van der Waals surface area (Å²) in [6.45, 7) is 1.31. The number of rotatable bonds is 3. The Labute approximate surface area is 112 Å². The number of nitro groups is 1. The summed E-state index contributed by atoms with van der Waals surface area (Å²) >= 11 is 2.05. The molecule has 2 rings (SSSR count). The highest BCUT2D eigenvalue weighted by Gasteiger charge is 2.21.